The first kappa shape index (κ1) is 75.8. The molecule has 0 unspecified atom stereocenters. The Morgan fingerprint density at radius 1 is 0.711 bits per heavy atom. The van der Waals surface area contributed by atoms with Gasteiger partial charge in [0.05, 0.1) is 161 Å². The van der Waals surface area contributed by atoms with Gasteiger partial charge in [0.15, 0.2) is 0 Å². The van der Waals surface area contributed by atoms with Crippen LogP contribution in [-0.2, 0) is 90.7 Å². The van der Waals surface area contributed by atoms with Gasteiger partial charge in [-0.15, -0.1) is 5.10 Å². The molecule has 510 valence electrons. The number of hydrogen-bond acceptors (Lipinski definition) is 23. The van der Waals surface area contributed by atoms with Gasteiger partial charge in [-0.25, -0.2) is 14.3 Å². The van der Waals surface area contributed by atoms with E-state index in [1.807, 2.05) is 18.0 Å². The first-order valence-electron chi connectivity index (χ1n) is 30.9. The number of carboxylic acid groups (broad SMARTS) is 1. The van der Waals surface area contributed by atoms with E-state index in [9.17, 15) is 54.3 Å². The lowest BCUT2D eigenvalue weighted by atomic mass is 9.88. The molecular formula is C58H94ClN9O21S. The van der Waals surface area contributed by atoms with Gasteiger partial charge < -0.3 is 105 Å². The Labute approximate surface area is 533 Å². The number of rotatable bonds is 52. The fourth-order valence-electron chi connectivity index (χ4n) is 9.74. The molecular weight excluding hydrogens is 1230 g/mol. The number of hydrogen-bond donors (Lipinski definition) is 11. The van der Waals surface area contributed by atoms with Gasteiger partial charge >= 0.3 is 12.0 Å². The number of carboxylic acids is 1. The van der Waals surface area contributed by atoms with Crippen LogP contribution in [0.1, 0.15) is 75.5 Å². The molecule has 9 atom stereocenters. The van der Waals surface area contributed by atoms with E-state index in [1.54, 1.807) is 28.9 Å². The molecule has 0 aliphatic carbocycles. The van der Waals surface area contributed by atoms with Crippen LogP contribution in [0.5, 0.6) is 0 Å². The van der Waals surface area contributed by atoms with E-state index in [0.29, 0.717) is 160 Å². The number of benzene rings is 1. The number of urea groups is 1. The number of nitrogens with zero attached hydrogens (tertiary/aromatic N) is 3. The number of fused-ring (bicyclic) bond motifs is 1. The van der Waals surface area contributed by atoms with E-state index < -0.39 is 73.6 Å². The molecule has 5 rings (SSSR count). The lowest BCUT2D eigenvalue weighted by Crippen LogP contribution is -2.68. The van der Waals surface area contributed by atoms with E-state index >= 15 is 0 Å². The Morgan fingerprint density at radius 3 is 1.92 bits per heavy atom. The van der Waals surface area contributed by atoms with E-state index in [1.165, 1.54) is 0 Å². The van der Waals surface area contributed by atoms with Crippen LogP contribution < -0.4 is 31.9 Å². The summed E-state index contributed by atoms with van der Waals surface area (Å²) in [4.78, 5) is 73.0. The van der Waals surface area contributed by atoms with Crippen LogP contribution >= 0.6 is 23.4 Å². The lowest BCUT2D eigenvalue weighted by molar-refractivity contribution is -0.310. The molecule has 30 nitrogen and oxygen atoms in total. The van der Waals surface area contributed by atoms with Gasteiger partial charge in [0, 0.05) is 61.1 Å². The molecule has 1 aromatic carbocycles. The normalized spacial score (nSPS) is 21.1. The number of nitrogens with one attached hydrogen (secondary N) is 6. The van der Waals surface area contributed by atoms with Gasteiger partial charge in [-0.05, 0) is 49.8 Å². The number of carbonyl (C=O) groups is 6. The third kappa shape index (κ3) is 30.2. The Bertz CT molecular complexity index is 2380. The number of aryl methyl sites for hydroxylation is 1. The molecule has 2 aromatic rings. The molecule has 0 saturated carbocycles. The van der Waals surface area contributed by atoms with Crippen molar-refractivity contribution in [3.63, 3.8) is 0 Å². The summed E-state index contributed by atoms with van der Waals surface area (Å²) in [5.41, 5.74) is 1.43. The van der Waals surface area contributed by atoms with Crippen molar-refractivity contribution in [1.29, 1.82) is 0 Å². The molecule has 32 heteroatoms. The summed E-state index contributed by atoms with van der Waals surface area (Å²) in [6, 6.07) is 5.40. The molecule has 0 bridgehead atoms. The number of aliphatic hydroxyl groups excluding tert-OH is 4. The van der Waals surface area contributed by atoms with Crippen LogP contribution in [0, 0.1) is 0 Å². The number of aromatic nitrogens is 3. The van der Waals surface area contributed by atoms with Crippen molar-refractivity contribution in [2.75, 3.05) is 144 Å². The first-order valence-corrected chi connectivity index (χ1v) is 32.3. The van der Waals surface area contributed by atoms with Gasteiger partial charge in [0.1, 0.15) is 18.8 Å². The predicted molar refractivity (Wildman–Crippen MR) is 324 cm³/mol. The fraction of sp³-hybridized carbons (Fsp3) is 0.759. The number of aliphatic hydroxyl groups is 4. The van der Waals surface area contributed by atoms with Gasteiger partial charge in [0.2, 0.25) is 23.6 Å². The predicted octanol–water partition coefficient (Wildman–Crippen LogP) is -0.979. The van der Waals surface area contributed by atoms with Crippen LogP contribution in [0.15, 0.2) is 30.5 Å². The smallest absolute Gasteiger partial charge is 0.364 e. The van der Waals surface area contributed by atoms with Crippen molar-refractivity contribution in [3.05, 3.63) is 46.7 Å². The average molecular weight is 1320 g/mol. The quantitative estimate of drug-likeness (QED) is 0.0280. The molecule has 3 aliphatic heterocycles. The number of amides is 6. The monoisotopic (exact) mass is 1320 g/mol. The number of unbranched alkanes of at least 4 members (excludes halogenated alkanes) is 4. The van der Waals surface area contributed by atoms with Crippen molar-refractivity contribution in [2.45, 2.75) is 137 Å². The largest absolute Gasteiger partial charge is 0.477 e. The summed E-state index contributed by atoms with van der Waals surface area (Å²) in [6.07, 6.45) is 0.699. The molecule has 90 heavy (non-hydrogen) atoms. The number of ether oxygens (including phenoxy) is 10. The minimum Gasteiger partial charge on any atom is -0.477 e. The minimum atomic E-state index is -2.46. The van der Waals surface area contributed by atoms with Crippen LogP contribution in [0.3, 0.4) is 0 Å². The van der Waals surface area contributed by atoms with Gasteiger partial charge in [-0.2, -0.15) is 11.8 Å². The average Bonchev–Trinajstić information content (AvgIpc) is 1.40. The van der Waals surface area contributed by atoms with Crippen LogP contribution in [0.25, 0.3) is 0 Å². The Kier molecular flexibility index (Phi) is 37.5. The maximum absolute atomic E-state index is 12.6. The van der Waals surface area contributed by atoms with E-state index in [-0.39, 0.29) is 56.0 Å². The summed E-state index contributed by atoms with van der Waals surface area (Å²) >= 11 is 7.79. The summed E-state index contributed by atoms with van der Waals surface area (Å²) in [6.45, 7) is 5.86. The molecule has 3 saturated heterocycles. The molecule has 0 radical (unpaired) electrons. The zero-order valence-corrected chi connectivity index (χ0v) is 52.7. The number of halogens is 1. The molecule has 1 aromatic heterocycles. The Hall–Kier alpha value is -4.94. The summed E-state index contributed by atoms with van der Waals surface area (Å²) < 4.78 is 57.5. The standard InChI is InChI=1S/C58H94ClN9O21S/c59-42-12-10-41(11-13-42)35-50(74)62-37-46(71)54(76)55-53(64-51(75)39-69)45(70)36-58(89-55,56(77)78)88-18-6-2-1-3-7-43-38-68(67-66-43)17-22-83-26-30-87-34-33-86-29-25-82-21-16-61-49(73)14-19-80-23-27-84-31-32-85-28-24-81-20-15-60-48(72)9-5-4-8-47-52-44(40-90-47)63-57(79)65-52/h10-13,38,44-47,52-55,69-71,76H,1-9,14-37,39-40H2,(H,60,72)(H,61,73)(H,62,74)(H,64,75)(H,77,78)(H2,63,65,79)/t44-,45+,46-,47-,52-,53-,54-,55-,58-/m1/s1. The van der Waals surface area contributed by atoms with Crippen molar-refractivity contribution in [3.8, 4) is 0 Å². The third-order valence-corrected chi connectivity index (χ3v) is 16.3. The van der Waals surface area contributed by atoms with E-state index in [0.717, 1.165) is 43.6 Å². The molecule has 3 aliphatic rings. The van der Waals surface area contributed by atoms with Gasteiger partial charge in [0.25, 0.3) is 5.79 Å². The Balaban J connectivity index is 0.750. The maximum atomic E-state index is 12.6. The highest BCUT2D eigenvalue weighted by molar-refractivity contribution is 8.00. The van der Waals surface area contributed by atoms with Crippen LogP contribution in [0.4, 0.5) is 4.79 Å². The van der Waals surface area contributed by atoms with Gasteiger partial charge in [-0.1, -0.05) is 48.2 Å². The summed E-state index contributed by atoms with van der Waals surface area (Å²) in [7, 11) is 0. The first-order chi connectivity index (χ1) is 43.7. The fourth-order valence-corrected chi connectivity index (χ4v) is 11.4. The third-order valence-electron chi connectivity index (χ3n) is 14.5. The zero-order chi connectivity index (χ0) is 64.6. The topological polar surface area (TPSA) is 399 Å². The highest BCUT2D eigenvalue weighted by Crippen LogP contribution is 2.35. The minimum absolute atomic E-state index is 0.0142. The molecule has 3 fully saturated rings. The second kappa shape index (κ2) is 44.6. The van der Waals surface area contributed by atoms with Crippen molar-refractivity contribution >= 4 is 59.0 Å². The Morgan fingerprint density at radius 2 is 1.30 bits per heavy atom. The lowest BCUT2D eigenvalue weighted by Gasteiger charge is -2.46. The van der Waals surface area contributed by atoms with Crippen molar-refractivity contribution < 1.29 is 102 Å². The number of carbonyl (C=O) groups excluding carboxylic acids is 5. The molecule has 4 heterocycles. The van der Waals surface area contributed by atoms with Crippen molar-refractivity contribution in [1.82, 2.24) is 46.9 Å². The maximum Gasteiger partial charge on any atom is 0.364 e. The second-order valence-electron chi connectivity index (χ2n) is 21.5. The van der Waals surface area contributed by atoms with Gasteiger partial charge in [-0.3, -0.25) is 19.2 Å². The van der Waals surface area contributed by atoms with E-state index in [4.69, 9.17) is 59.0 Å². The number of aliphatic carboxylic acids is 1. The SMILES string of the molecule is O=C(CCCC[C@H]1SC[C@H]2NC(=O)N[C@H]21)NCCOCCOCCOCCOCCC(=O)NCCOCCOCCOCCOCCn1cc(CCCCCCO[C@]2(C(=O)O)C[C@H](O)[C@@H](NC(=O)CO)[C@H]([C@H](O)[C@H](O)CNC(=O)Cc3ccc(Cl)cc3)O2)nn1. The summed E-state index contributed by atoms with van der Waals surface area (Å²) in [5.74, 6) is -4.70. The summed E-state index contributed by atoms with van der Waals surface area (Å²) in [5, 5.41) is 78.4. The number of thioether (sulfide) groups is 1. The highest BCUT2D eigenvalue weighted by Gasteiger charge is 2.56. The van der Waals surface area contributed by atoms with Crippen LogP contribution in [-0.4, -0.2) is 274 Å². The molecule has 0 spiro atoms. The zero-order valence-electron chi connectivity index (χ0n) is 51.2. The molecule has 6 amide bonds. The van der Waals surface area contributed by atoms with Crippen molar-refractivity contribution in [2.24, 2.45) is 0 Å². The molecule has 11 N–H and O–H groups in total. The van der Waals surface area contributed by atoms with Crippen LogP contribution in [0.2, 0.25) is 5.02 Å². The highest BCUT2D eigenvalue weighted by atomic mass is 35.5. The second-order valence-corrected chi connectivity index (χ2v) is 23.2. The van der Waals surface area contributed by atoms with E-state index in [2.05, 4.69) is 42.2 Å².